The second kappa shape index (κ2) is 7.34. The van der Waals surface area contributed by atoms with Crippen LogP contribution in [0.2, 0.25) is 0 Å². The summed E-state index contributed by atoms with van der Waals surface area (Å²) in [7, 11) is 0. The van der Waals surface area contributed by atoms with Crippen molar-refractivity contribution in [1.82, 2.24) is 25.2 Å². The van der Waals surface area contributed by atoms with E-state index >= 15 is 0 Å². The second-order valence-corrected chi connectivity index (χ2v) is 7.13. The Balaban J connectivity index is 1.48. The third-order valence-corrected chi connectivity index (χ3v) is 5.06. The molecule has 3 aromatic rings. The van der Waals surface area contributed by atoms with E-state index in [2.05, 4.69) is 20.6 Å². The lowest BCUT2D eigenvalue weighted by atomic mass is 9.81. The summed E-state index contributed by atoms with van der Waals surface area (Å²) in [6.45, 7) is 1.77. The van der Waals surface area contributed by atoms with Gasteiger partial charge >= 0.3 is 0 Å². The number of amides is 1. The van der Waals surface area contributed by atoms with Crippen LogP contribution in [0.1, 0.15) is 49.4 Å². The molecule has 1 saturated carbocycles. The van der Waals surface area contributed by atoms with Crippen molar-refractivity contribution in [2.24, 2.45) is 0 Å². The van der Waals surface area contributed by atoms with Crippen molar-refractivity contribution in [2.45, 2.75) is 51.0 Å². The number of carbonyl (C=O) groups excluding carboxylic acids is 1. The molecule has 7 heteroatoms. The van der Waals surface area contributed by atoms with Crippen LogP contribution in [-0.2, 0) is 16.8 Å². The minimum absolute atomic E-state index is 0.0491. The van der Waals surface area contributed by atoms with Crippen LogP contribution >= 0.6 is 0 Å². The molecule has 0 atom stereocenters. The first kappa shape index (κ1) is 17.5. The zero-order valence-electron chi connectivity index (χ0n) is 15.4. The standard InChI is InChI=1S/C20H23N5O2/c1-15-22-19(24-27-15)20(10-6-3-7-11-20)23-18(26)12-16-13-21-25(14-16)17-8-4-2-5-9-17/h2,4-5,8-9,13-14H,3,6-7,10-12H2,1H3,(H,23,26). The summed E-state index contributed by atoms with van der Waals surface area (Å²) in [5.74, 6) is 1.06. The molecule has 0 bridgehead atoms. The van der Waals surface area contributed by atoms with Gasteiger partial charge in [0.15, 0.2) is 5.82 Å². The van der Waals surface area contributed by atoms with Gasteiger partial charge in [-0.1, -0.05) is 42.6 Å². The summed E-state index contributed by atoms with van der Waals surface area (Å²) in [6, 6.07) is 9.84. The maximum Gasteiger partial charge on any atom is 0.225 e. The lowest BCUT2D eigenvalue weighted by molar-refractivity contribution is -0.123. The molecule has 0 spiro atoms. The van der Waals surface area contributed by atoms with Crippen LogP contribution in [-0.4, -0.2) is 25.8 Å². The average Bonchev–Trinajstić information content (AvgIpc) is 3.32. The van der Waals surface area contributed by atoms with E-state index in [0.717, 1.165) is 43.4 Å². The van der Waals surface area contributed by atoms with Gasteiger partial charge in [-0.05, 0) is 30.5 Å². The smallest absolute Gasteiger partial charge is 0.225 e. The number of hydrogen-bond donors (Lipinski definition) is 1. The van der Waals surface area contributed by atoms with Gasteiger partial charge in [-0.15, -0.1) is 0 Å². The minimum atomic E-state index is -0.525. The van der Waals surface area contributed by atoms with Crippen LogP contribution in [0.25, 0.3) is 5.69 Å². The lowest BCUT2D eigenvalue weighted by Gasteiger charge is -2.35. The molecule has 1 amide bonds. The molecule has 4 rings (SSSR count). The second-order valence-electron chi connectivity index (χ2n) is 7.13. The normalized spacial score (nSPS) is 16.2. The highest BCUT2D eigenvalue weighted by Gasteiger charge is 2.39. The zero-order chi connectivity index (χ0) is 18.7. The topological polar surface area (TPSA) is 85.8 Å². The molecule has 1 aliphatic rings. The molecule has 7 nitrogen and oxygen atoms in total. The van der Waals surface area contributed by atoms with Gasteiger partial charge in [0.25, 0.3) is 0 Å². The highest BCUT2D eigenvalue weighted by molar-refractivity contribution is 5.79. The Morgan fingerprint density at radius 2 is 2.00 bits per heavy atom. The quantitative estimate of drug-likeness (QED) is 0.751. The van der Waals surface area contributed by atoms with Crippen molar-refractivity contribution in [1.29, 1.82) is 0 Å². The number of nitrogens with one attached hydrogen (secondary N) is 1. The fourth-order valence-electron chi connectivity index (χ4n) is 3.72. The fourth-order valence-corrected chi connectivity index (χ4v) is 3.72. The number of para-hydroxylation sites is 1. The van der Waals surface area contributed by atoms with E-state index in [1.54, 1.807) is 17.8 Å². The molecule has 0 saturated heterocycles. The third-order valence-electron chi connectivity index (χ3n) is 5.06. The van der Waals surface area contributed by atoms with Crippen LogP contribution in [0.3, 0.4) is 0 Å². The number of benzene rings is 1. The summed E-state index contributed by atoms with van der Waals surface area (Å²) >= 11 is 0. The van der Waals surface area contributed by atoms with E-state index in [1.807, 2.05) is 36.5 Å². The van der Waals surface area contributed by atoms with Crippen molar-refractivity contribution in [3.8, 4) is 5.69 Å². The maximum absolute atomic E-state index is 12.8. The van der Waals surface area contributed by atoms with Gasteiger partial charge in [0.1, 0.15) is 5.54 Å². The Labute approximate surface area is 157 Å². The summed E-state index contributed by atoms with van der Waals surface area (Å²) in [4.78, 5) is 17.2. The van der Waals surface area contributed by atoms with Crippen molar-refractivity contribution < 1.29 is 9.32 Å². The zero-order valence-corrected chi connectivity index (χ0v) is 15.4. The Morgan fingerprint density at radius 1 is 1.22 bits per heavy atom. The molecular formula is C20H23N5O2. The van der Waals surface area contributed by atoms with Crippen molar-refractivity contribution >= 4 is 5.91 Å². The Hall–Kier alpha value is -2.96. The molecule has 1 fully saturated rings. The first-order chi connectivity index (χ1) is 13.1. The van der Waals surface area contributed by atoms with E-state index in [0.29, 0.717) is 11.7 Å². The largest absolute Gasteiger partial charge is 0.343 e. The number of aromatic nitrogens is 4. The van der Waals surface area contributed by atoms with E-state index in [4.69, 9.17) is 4.52 Å². The van der Waals surface area contributed by atoms with Crippen LogP contribution in [0.4, 0.5) is 0 Å². The molecule has 2 aromatic heterocycles. The summed E-state index contributed by atoms with van der Waals surface area (Å²) in [5, 5.41) is 11.7. The van der Waals surface area contributed by atoms with Gasteiger partial charge in [0, 0.05) is 13.1 Å². The first-order valence-corrected chi connectivity index (χ1v) is 9.35. The number of nitrogens with zero attached hydrogens (tertiary/aromatic N) is 4. The number of aryl methyl sites for hydroxylation is 1. The van der Waals surface area contributed by atoms with Crippen LogP contribution in [0, 0.1) is 6.92 Å². The van der Waals surface area contributed by atoms with Gasteiger partial charge in [-0.3, -0.25) is 4.79 Å². The monoisotopic (exact) mass is 365 g/mol. The Morgan fingerprint density at radius 3 is 2.70 bits per heavy atom. The molecule has 140 valence electrons. The SMILES string of the molecule is Cc1nc(C2(NC(=O)Cc3cnn(-c4ccccc4)c3)CCCCC2)no1. The number of carbonyl (C=O) groups is 1. The van der Waals surface area contributed by atoms with E-state index in [9.17, 15) is 4.79 Å². The third kappa shape index (κ3) is 3.77. The molecule has 2 heterocycles. The van der Waals surface area contributed by atoms with Crippen LogP contribution in [0.5, 0.6) is 0 Å². The van der Waals surface area contributed by atoms with Gasteiger partial charge in [0.2, 0.25) is 11.8 Å². The molecule has 0 aliphatic heterocycles. The molecule has 0 unspecified atom stereocenters. The van der Waals surface area contributed by atoms with Gasteiger partial charge in [-0.2, -0.15) is 10.1 Å². The van der Waals surface area contributed by atoms with Crippen molar-refractivity contribution in [2.75, 3.05) is 0 Å². The summed E-state index contributed by atoms with van der Waals surface area (Å²) < 4.78 is 6.95. The van der Waals surface area contributed by atoms with Crippen molar-refractivity contribution in [3.05, 3.63) is 60.0 Å². The molecule has 0 radical (unpaired) electrons. The van der Waals surface area contributed by atoms with Crippen LogP contribution in [0.15, 0.2) is 47.2 Å². The number of rotatable bonds is 5. The highest BCUT2D eigenvalue weighted by atomic mass is 16.5. The molecular weight excluding hydrogens is 342 g/mol. The van der Waals surface area contributed by atoms with E-state index in [-0.39, 0.29) is 12.3 Å². The van der Waals surface area contributed by atoms with E-state index < -0.39 is 5.54 Å². The lowest BCUT2D eigenvalue weighted by Crippen LogP contribution is -2.48. The Kier molecular flexibility index (Phi) is 4.75. The first-order valence-electron chi connectivity index (χ1n) is 9.35. The van der Waals surface area contributed by atoms with Gasteiger partial charge in [0.05, 0.1) is 18.3 Å². The summed E-state index contributed by atoms with van der Waals surface area (Å²) in [6.07, 6.45) is 8.81. The fraction of sp³-hybridized carbons (Fsp3) is 0.400. The predicted molar refractivity (Wildman–Crippen MR) is 99.2 cm³/mol. The number of hydrogen-bond acceptors (Lipinski definition) is 5. The average molecular weight is 365 g/mol. The molecule has 1 aliphatic carbocycles. The van der Waals surface area contributed by atoms with Gasteiger partial charge in [-0.25, -0.2) is 4.68 Å². The molecule has 27 heavy (non-hydrogen) atoms. The van der Waals surface area contributed by atoms with Crippen LogP contribution < -0.4 is 5.32 Å². The molecule has 1 aromatic carbocycles. The highest BCUT2D eigenvalue weighted by Crippen LogP contribution is 2.35. The predicted octanol–water partition coefficient (Wildman–Crippen LogP) is 3.08. The molecule has 1 N–H and O–H groups in total. The van der Waals surface area contributed by atoms with Crippen molar-refractivity contribution in [3.63, 3.8) is 0 Å². The minimum Gasteiger partial charge on any atom is -0.343 e. The van der Waals surface area contributed by atoms with E-state index in [1.165, 1.54) is 0 Å². The summed E-state index contributed by atoms with van der Waals surface area (Å²) in [5.41, 5.74) is 1.31. The Bertz CT molecular complexity index is 909. The maximum atomic E-state index is 12.8. The van der Waals surface area contributed by atoms with Gasteiger partial charge < -0.3 is 9.84 Å².